The summed E-state index contributed by atoms with van der Waals surface area (Å²) < 4.78 is 5.69. The maximum absolute atomic E-state index is 5.69. The Bertz CT molecular complexity index is 707. The summed E-state index contributed by atoms with van der Waals surface area (Å²) in [6, 6.07) is 8.85. The van der Waals surface area contributed by atoms with E-state index in [0.29, 0.717) is 12.1 Å². The first-order chi connectivity index (χ1) is 11.7. The standard InChI is InChI=1S/C18H25N5O/c1-12-6-5-8-15(13(12)2)23-10-19-17(20-11-23)22-18-21-14-7-3-4-9-16(14)24-18/h3-4,7,9,12-13,15H,5-6,8,10-11H2,1-2H3,(H2,19,20,21,22)/t12-,13+,15-/m1/s1. The molecule has 24 heavy (non-hydrogen) atoms. The van der Waals surface area contributed by atoms with Crippen LogP contribution in [0.15, 0.2) is 33.7 Å². The SMILES string of the molecule is C[C@H]1[C@H](C)CCC[C@H]1N1CN=C(Nc2nc3ccccc3o2)NC1. The van der Waals surface area contributed by atoms with Gasteiger partial charge in [0.25, 0.3) is 0 Å². The molecule has 2 heterocycles. The molecule has 128 valence electrons. The maximum atomic E-state index is 5.69. The lowest BCUT2D eigenvalue weighted by atomic mass is 9.77. The van der Waals surface area contributed by atoms with Crippen molar-refractivity contribution in [1.82, 2.24) is 15.2 Å². The number of benzene rings is 1. The fraction of sp³-hybridized carbons (Fsp3) is 0.556. The molecular formula is C18H25N5O. The summed E-state index contributed by atoms with van der Waals surface area (Å²) in [4.78, 5) is 11.5. The molecule has 0 spiro atoms. The van der Waals surface area contributed by atoms with Crippen LogP contribution in [0.5, 0.6) is 0 Å². The minimum atomic E-state index is 0.482. The number of rotatable bonds is 2. The monoisotopic (exact) mass is 327 g/mol. The molecule has 6 heteroatoms. The van der Waals surface area contributed by atoms with E-state index in [2.05, 4.69) is 39.4 Å². The van der Waals surface area contributed by atoms with Crippen LogP contribution in [-0.2, 0) is 0 Å². The second kappa shape index (κ2) is 6.43. The van der Waals surface area contributed by atoms with Crippen LogP contribution in [0.4, 0.5) is 6.01 Å². The molecule has 4 rings (SSSR count). The molecule has 2 N–H and O–H groups in total. The normalized spacial score (nSPS) is 28.4. The van der Waals surface area contributed by atoms with Gasteiger partial charge in [-0.15, -0.1) is 0 Å². The Morgan fingerprint density at radius 2 is 2.12 bits per heavy atom. The zero-order chi connectivity index (χ0) is 16.5. The van der Waals surface area contributed by atoms with Gasteiger partial charge in [0.1, 0.15) is 5.52 Å². The number of aliphatic imine (C=N–C) groups is 1. The van der Waals surface area contributed by atoms with Crippen LogP contribution in [-0.4, -0.2) is 35.2 Å². The van der Waals surface area contributed by atoms with Gasteiger partial charge in [0, 0.05) is 6.04 Å². The highest BCUT2D eigenvalue weighted by Crippen LogP contribution is 2.32. The van der Waals surface area contributed by atoms with E-state index < -0.39 is 0 Å². The van der Waals surface area contributed by atoms with Crippen molar-refractivity contribution in [3.63, 3.8) is 0 Å². The maximum Gasteiger partial charge on any atom is 0.302 e. The van der Waals surface area contributed by atoms with Crippen molar-refractivity contribution in [2.24, 2.45) is 16.8 Å². The van der Waals surface area contributed by atoms with Gasteiger partial charge in [-0.25, -0.2) is 4.99 Å². The molecule has 1 aliphatic heterocycles. The van der Waals surface area contributed by atoms with E-state index in [0.717, 1.165) is 42.2 Å². The summed E-state index contributed by atoms with van der Waals surface area (Å²) in [6.07, 6.45) is 3.95. The number of guanidine groups is 1. The largest absolute Gasteiger partial charge is 0.423 e. The van der Waals surface area contributed by atoms with E-state index in [4.69, 9.17) is 4.42 Å². The van der Waals surface area contributed by atoms with E-state index in [1.807, 2.05) is 24.3 Å². The highest BCUT2D eigenvalue weighted by Gasteiger charge is 2.32. The van der Waals surface area contributed by atoms with Crippen molar-refractivity contribution in [3.8, 4) is 0 Å². The Labute approximate surface area is 142 Å². The topological polar surface area (TPSA) is 65.7 Å². The van der Waals surface area contributed by atoms with E-state index in [1.54, 1.807) is 0 Å². The number of nitrogens with one attached hydrogen (secondary N) is 2. The van der Waals surface area contributed by atoms with Crippen LogP contribution in [0.3, 0.4) is 0 Å². The minimum Gasteiger partial charge on any atom is -0.423 e. The van der Waals surface area contributed by atoms with Crippen molar-refractivity contribution < 1.29 is 4.42 Å². The molecule has 1 aromatic heterocycles. The third kappa shape index (κ3) is 2.98. The Hall–Kier alpha value is -2.08. The van der Waals surface area contributed by atoms with Crippen molar-refractivity contribution in [2.75, 3.05) is 18.7 Å². The molecule has 1 aliphatic carbocycles. The number of para-hydroxylation sites is 2. The molecule has 0 bridgehead atoms. The average molecular weight is 327 g/mol. The van der Waals surface area contributed by atoms with Gasteiger partial charge in [-0.05, 0) is 30.4 Å². The fourth-order valence-electron chi connectivity index (χ4n) is 3.85. The smallest absolute Gasteiger partial charge is 0.302 e. The number of anilines is 1. The van der Waals surface area contributed by atoms with Crippen LogP contribution in [0.1, 0.15) is 33.1 Å². The lowest BCUT2D eigenvalue weighted by Crippen LogP contribution is -2.53. The van der Waals surface area contributed by atoms with E-state index in [1.165, 1.54) is 19.3 Å². The van der Waals surface area contributed by atoms with E-state index >= 15 is 0 Å². The van der Waals surface area contributed by atoms with Crippen molar-refractivity contribution in [1.29, 1.82) is 0 Å². The van der Waals surface area contributed by atoms with Crippen LogP contribution < -0.4 is 10.6 Å². The number of oxazole rings is 1. The van der Waals surface area contributed by atoms with Gasteiger partial charge in [0.05, 0.1) is 13.3 Å². The van der Waals surface area contributed by atoms with Crippen LogP contribution in [0.25, 0.3) is 11.1 Å². The molecule has 0 unspecified atom stereocenters. The number of hydrogen-bond donors (Lipinski definition) is 2. The first-order valence-electron chi connectivity index (χ1n) is 8.85. The lowest BCUT2D eigenvalue weighted by molar-refractivity contribution is 0.0771. The Morgan fingerprint density at radius 3 is 2.92 bits per heavy atom. The molecule has 0 radical (unpaired) electrons. The Balaban J connectivity index is 1.41. The third-order valence-electron chi connectivity index (χ3n) is 5.51. The minimum absolute atomic E-state index is 0.482. The molecular weight excluding hydrogens is 302 g/mol. The molecule has 6 nitrogen and oxygen atoms in total. The van der Waals surface area contributed by atoms with Gasteiger partial charge in [0.2, 0.25) is 5.96 Å². The van der Waals surface area contributed by atoms with Crippen molar-refractivity contribution >= 4 is 23.1 Å². The van der Waals surface area contributed by atoms with Gasteiger partial charge >= 0.3 is 6.01 Å². The lowest BCUT2D eigenvalue weighted by Gasteiger charge is -2.42. The summed E-state index contributed by atoms with van der Waals surface area (Å²) >= 11 is 0. The molecule has 0 saturated heterocycles. The van der Waals surface area contributed by atoms with E-state index in [-0.39, 0.29) is 0 Å². The van der Waals surface area contributed by atoms with Gasteiger partial charge in [-0.3, -0.25) is 10.2 Å². The van der Waals surface area contributed by atoms with Crippen molar-refractivity contribution in [2.45, 2.75) is 39.2 Å². The molecule has 2 aromatic rings. The van der Waals surface area contributed by atoms with Gasteiger partial charge in [-0.1, -0.05) is 38.8 Å². The van der Waals surface area contributed by atoms with Gasteiger partial charge in [0.15, 0.2) is 5.58 Å². The summed E-state index contributed by atoms with van der Waals surface area (Å²) in [7, 11) is 0. The number of aromatic nitrogens is 1. The molecule has 1 fully saturated rings. The summed E-state index contributed by atoms with van der Waals surface area (Å²) in [5, 5.41) is 6.51. The predicted molar refractivity (Wildman–Crippen MR) is 95.7 cm³/mol. The van der Waals surface area contributed by atoms with Crippen LogP contribution in [0.2, 0.25) is 0 Å². The van der Waals surface area contributed by atoms with Gasteiger partial charge < -0.3 is 9.73 Å². The highest BCUT2D eigenvalue weighted by atomic mass is 16.4. The Kier molecular flexibility index (Phi) is 4.14. The molecule has 1 saturated carbocycles. The quantitative estimate of drug-likeness (QED) is 0.886. The zero-order valence-electron chi connectivity index (χ0n) is 14.3. The Morgan fingerprint density at radius 1 is 1.25 bits per heavy atom. The summed E-state index contributed by atoms with van der Waals surface area (Å²) in [5.41, 5.74) is 1.63. The molecule has 3 atom stereocenters. The number of hydrogen-bond acceptors (Lipinski definition) is 6. The summed E-state index contributed by atoms with van der Waals surface area (Å²) in [5.74, 6) is 2.25. The van der Waals surface area contributed by atoms with Crippen molar-refractivity contribution in [3.05, 3.63) is 24.3 Å². The first kappa shape index (κ1) is 15.4. The second-order valence-corrected chi connectivity index (χ2v) is 7.02. The first-order valence-corrected chi connectivity index (χ1v) is 8.85. The summed E-state index contributed by atoms with van der Waals surface area (Å²) in [6.45, 7) is 6.28. The third-order valence-corrected chi connectivity index (χ3v) is 5.51. The van der Waals surface area contributed by atoms with Gasteiger partial charge in [-0.2, -0.15) is 4.98 Å². The zero-order valence-corrected chi connectivity index (χ0v) is 14.3. The van der Waals surface area contributed by atoms with Crippen LogP contribution in [0, 0.1) is 11.8 Å². The fourth-order valence-corrected chi connectivity index (χ4v) is 3.85. The molecule has 2 aliphatic rings. The van der Waals surface area contributed by atoms with Crippen LogP contribution >= 0.6 is 0 Å². The number of nitrogens with zero attached hydrogens (tertiary/aromatic N) is 3. The highest BCUT2D eigenvalue weighted by molar-refractivity contribution is 5.93. The number of fused-ring (bicyclic) bond motifs is 1. The predicted octanol–water partition coefficient (Wildman–Crippen LogP) is 3.24. The molecule has 0 amide bonds. The second-order valence-electron chi connectivity index (χ2n) is 7.02. The van der Waals surface area contributed by atoms with E-state index in [9.17, 15) is 0 Å². The molecule has 1 aromatic carbocycles. The average Bonchev–Trinajstić information content (AvgIpc) is 3.00.